The van der Waals surface area contributed by atoms with Gasteiger partial charge in [-0.25, -0.2) is 0 Å². The number of rotatable bonds is 7. The predicted octanol–water partition coefficient (Wildman–Crippen LogP) is 1.88. The first kappa shape index (κ1) is 19.7. The molecule has 8 heteroatoms. The van der Waals surface area contributed by atoms with Gasteiger partial charge < -0.3 is 19.4 Å². The molecule has 2 amide bonds. The highest BCUT2D eigenvalue weighted by Crippen LogP contribution is 2.28. The van der Waals surface area contributed by atoms with Crippen molar-refractivity contribution in [3.8, 4) is 0 Å². The third kappa shape index (κ3) is 4.38. The number of benzene rings is 1. The van der Waals surface area contributed by atoms with Gasteiger partial charge in [0.15, 0.2) is 5.78 Å². The fourth-order valence-corrected chi connectivity index (χ4v) is 4.73. The molecule has 1 aromatic heterocycles. The van der Waals surface area contributed by atoms with E-state index in [-0.39, 0.29) is 30.3 Å². The van der Waals surface area contributed by atoms with Gasteiger partial charge >= 0.3 is 0 Å². The summed E-state index contributed by atoms with van der Waals surface area (Å²) in [5, 5.41) is 2.81. The topological polar surface area (TPSA) is 88.9 Å². The standard InChI is InChI=1S/C21H22N2O5S/c24-17-11-28-18-6-8-23(19(17)18)21(26)16(22-20(25)15-7-9-27-10-15)13-29-12-14-4-2-1-3-5-14/h1-5,7,9-10,16,18-19H,6,8,11-13H2,(H,22,25)/t16-,18?,19?/m0/s1. The summed E-state index contributed by atoms with van der Waals surface area (Å²) in [7, 11) is 0. The van der Waals surface area contributed by atoms with Crippen molar-refractivity contribution in [2.45, 2.75) is 30.4 Å². The normalized spacial score (nSPS) is 21.8. The van der Waals surface area contributed by atoms with Gasteiger partial charge in [0.25, 0.3) is 5.91 Å². The molecule has 152 valence electrons. The van der Waals surface area contributed by atoms with Gasteiger partial charge in [-0.1, -0.05) is 30.3 Å². The van der Waals surface area contributed by atoms with Gasteiger partial charge in [0.05, 0.1) is 17.9 Å². The first-order chi connectivity index (χ1) is 14.1. The second-order valence-corrected chi connectivity index (χ2v) is 8.15. The molecule has 29 heavy (non-hydrogen) atoms. The lowest BCUT2D eigenvalue weighted by Gasteiger charge is -2.27. The van der Waals surface area contributed by atoms with Gasteiger partial charge in [-0.2, -0.15) is 11.8 Å². The van der Waals surface area contributed by atoms with Crippen LogP contribution in [-0.4, -0.2) is 59.6 Å². The Hall–Kier alpha value is -2.58. The number of furan rings is 1. The average Bonchev–Trinajstić information content (AvgIpc) is 3.47. The van der Waals surface area contributed by atoms with Crippen LogP contribution in [0.1, 0.15) is 22.3 Å². The molecule has 2 saturated heterocycles. The SMILES string of the molecule is O=C(N[C@@H](CSCc1ccccc1)C(=O)N1CCC2OCC(=O)C21)c1ccoc1. The van der Waals surface area contributed by atoms with Crippen LogP contribution in [0.2, 0.25) is 0 Å². The number of hydrogen-bond acceptors (Lipinski definition) is 6. The van der Waals surface area contributed by atoms with Crippen molar-refractivity contribution >= 4 is 29.4 Å². The number of nitrogens with one attached hydrogen (secondary N) is 1. The van der Waals surface area contributed by atoms with E-state index in [1.54, 1.807) is 22.7 Å². The molecule has 3 atom stereocenters. The van der Waals surface area contributed by atoms with Crippen molar-refractivity contribution in [3.63, 3.8) is 0 Å². The zero-order valence-corrected chi connectivity index (χ0v) is 16.6. The van der Waals surface area contributed by atoms with Crippen LogP contribution in [0.25, 0.3) is 0 Å². The zero-order chi connectivity index (χ0) is 20.2. The van der Waals surface area contributed by atoms with Gasteiger partial charge in [-0.15, -0.1) is 0 Å². The van der Waals surface area contributed by atoms with Crippen LogP contribution in [0.15, 0.2) is 53.3 Å². The summed E-state index contributed by atoms with van der Waals surface area (Å²) in [6.07, 6.45) is 3.17. The van der Waals surface area contributed by atoms with Gasteiger partial charge in [-0.3, -0.25) is 14.4 Å². The summed E-state index contributed by atoms with van der Waals surface area (Å²) >= 11 is 1.57. The largest absolute Gasteiger partial charge is 0.472 e. The van der Waals surface area contributed by atoms with E-state index in [4.69, 9.17) is 9.15 Å². The maximum atomic E-state index is 13.2. The van der Waals surface area contributed by atoms with Crippen molar-refractivity contribution in [1.29, 1.82) is 0 Å². The molecule has 0 bridgehead atoms. The van der Waals surface area contributed by atoms with E-state index in [9.17, 15) is 14.4 Å². The van der Waals surface area contributed by atoms with Crippen LogP contribution in [0.3, 0.4) is 0 Å². The number of carbonyl (C=O) groups excluding carboxylic acids is 3. The Morgan fingerprint density at radius 3 is 2.83 bits per heavy atom. The smallest absolute Gasteiger partial charge is 0.255 e. The fourth-order valence-electron chi connectivity index (χ4n) is 3.72. The molecule has 0 spiro atoms. The molecule has 7 nitrogen and oxygen atoms in total. The van der Waals surface area contributed by atoms with E-state index in [2.05, 4.69) is 5.32 Å². The fraction of sp³-hybridized carbons (Fsp3) is 0.381. The quantitative estimate of drug-likeness (QED) is 0.744. The van der Waals surface area contributed by atoms with Crippen molar-refractivity contribution < 1.29 is 23.5 Å². The summed E-state index contributed by atoms with van der Waals surface area (Å²) in [5.41, 5.74) is 1.50. The van der Waals surface area contributed by atoms with Gasteiger partial charge in [0, 0.05) is 18.1 Å². The minimum absolute atomic E-state index is 0.0495. The highest BCUT2D eigenvalue weighted by atomic mass is 32.2. The van der Waals surface area contributed by atoms with E-state index in [1.807, 2.05) is 30.3 Å². The van der Waals surface area contributed by atoms with Crippen LogP contribution in [0, 0.1) is 0 Å². The molecule has 2 aromatic rings. The van der Waals surface area contributed by atoms with Crippen molar-refractivity contribution in [1.82, 2.24) is 10.2 Å². The summed E-state index contributed by atoms with van der Waals surface area (Å²) in [6.45, 7) is 0.509. The molecule has 2 aliphatic rings. The Morgan fingerprint density at radius 1 is 1.24 bits per heavy atom. The van der Waals surface area contributed by atoms with Gasteiger partial charge in [0.1, 0.15) is 25.0 Å². The first-order valence-electron chi connectivity index (χ1n) is 9.53. The van der Waals surface area contributed by atoms with E-state index in [1.165, 1.54) is 12.5 Å². The van der Waals surface area contributed by atoms with E-state index in [0.29, 0.717) is 24.3 Å². The van der Waals surface area contributed by atoms with E-state index in [0.717, 1.165) is 11.3 Å². The third-order valence-electron chi connectivity index (χ3n) is 5.18. The Bertz CT molecular complexity index is 870. The maximum Gasteiger partial charge on any atom is 0.255 e. The molecule has 0 saturated carbocycles. The summed E-state index contributed by atoms with van der Waals surface area (Å²) < 4.78 is 10.4. The van der Waals surface area contributed by atoms with Crippen LogP contribution < -0.4 is 5.32 Å². The molecule has 0 radical (unpaired) electrons. The molecule has 2 aliphatic heterocycles. The maximum absolute atomic E-state index is 13.2. The lowest BCUT2D eigenvalue weighted by atomic mass is 10.1. The van der Waals surface area contributed by atoms with Crippen molar-refractivity contribution in [2.75, 3.05) is 18.9 Å². The Morgan fingerprint density at radius 2 is 2.07 bits per heavy atom. The lowest BCUT2D eigenvalue weighted by Crippen LogP contribution is -2.53. The number of ketones is 1. The minimum Gasteiger partial charge on any atom is -0.472 e. The predicted molar refractivity (Wildman–Crippen MR) is 107 cm³/mol. The highest BCUT2D eigenvalue weighted by molar-refractivity contribution is 7.98. The minimum atomic E-state index is -0.738. The molecule has 1 aromatic carbocycles. The summed E-state index contributed by atoms with van der Waals surface area (Å²) in [5.74, 6) is 0.439. The number of likely N-dealkylation sites (tertiary alicyclic amines) is 1. The number of amides is 2. The van der Waals surface area contributed by atoms with Gasteiger partial charge in [0.2, 0.25) is 5.91 Å². The highest BCUT2D eigenvalue weighted by Gasteiger charge is 2.48. The number of fused-ring (bicyclic) bond motifs is 1. The van der Waals surface area contributed by atoms with Crippen LogP contribution >= 0.6 is 11.8 Å². The number of ether oxygens (including phenoxy) is 1. The van der Waals surface area contributed by atoms with Crippen molar-refractivity contribution in [3.05, 3.63) is 60.1 Å². The monoisotopic (exact) mass is 414 g/mol. The molecular formula is C21H22N2O5S. The number of hydrogen-bond donors (Lipinski definition) is 1. The second-order valence-electron chi connectivity index (χ2n) is 7.12. The molecule has 0 aliphatic carbocycles. The first-order valence-corrected chi connectivity index (χ1v) is 10.7. The number of carbonyl (C=O) groups is 3. The number of Topliss-reactive ketones (excluding diaryl/α,β-unsaturated/α-hetero) is 1. The molecule has 4 rings (SSSR count). The molecule has 2 unspecified atom stereocenters. The van der Waals surface area contributed by atoms with Crippen LogP contribution in [-0.2, 0) is 20.1 Å². The lowest BCUT2D eigenvalue weighted by molar-refractivity contribution is -0.137. The van der Waals surface area contributed by atoms with Gasteiger partial charge in [-0.05, 0) is 18.1 Å². The average molecular weight is 414 g/mol. The van der Waals surface area contributed by atoms with E-state index < -0.39 is 12.1 Å². The third-order valence-corrected chi connectivity index (χ3v) is 6.28. The Labute approximate surface area is 172 Å². The van der Waals surface area contributed by atoms with Crippen LogP contribution in [0.5, 0.6) is 0 Å². The molecular weight excluding hydrogens is 392 g/mol. The van der Waals surface area contributed by atoms with Crippen LogP contribution in [0.4, 0.5) is 0 Å². The summed E-state index contributed by atoms with van der Waals surface area (Å²) in [6, 6.07) is 10.2. The zero-order valence-electron chi connectivity index (χ0n) is 15.8. The molecule has 2 fully saturated rings. The Balaban J connectivity index is 1.45. The molecule has 3 heterocycles. The Kier molecular flexibility index (Phi) is 6.01. The second kappa shape index (κ2) is 8.84. The summed E-state index contributed by atoms with van der Waals surface area (Å²) in [4.78, 5) is 39.5. The van der Waals surface area contributed by atoms with Crippen molar-refractivity contribution in [2.24, 2.45) is 0 Å². The molecule has 1 N–H and O–H groups in total. The van der Waals surface area contributed by atoms with E-state index >= 15 is 0 Å². The number of nitrogens with zero attached hydrogens (tertiary/aromatic N) is 1. The number of thioether (sulfide) groups is 1.